The number of hydrogen-bond donors (Lipinski definition) is 4. The number of carboxylic acid groups (broad SMARTS) is 4. The maximum Gasteiger partial charge on any atom is 0.0414 e. The topological polar surface area (TPSA) is 307 Å². The van der Waals surface area contributed by atoms with E-state index in [0.717, 1.165) is 0 Å². The molecule has 0 amide bonds. The van der Waals surface area contributed by atoms with Gasteiger partial charge in [0.05, 0.1) is 0 Å². The maximum absolute atomic E-state index is 9.86. The van der Waals surface area contributed by atoms with Gasteiger partial charge in [-0.25, -0.2) is 0 Å². The molecule has 0 aromatic carbocycles. The van der Waals surface area contributed by atoms with E-state index in [1.165, 1.54) is 0 Å². The van der Waals surface area contributed by atoms with Crippen LogP contribution in [0.15, 0.2) is 0 Å². The Bertz CT molecular complexity index is 301. The second-order valence-electron chi connectivity index (χ2n) is 4.61. The lowest BCUT2D eigenvalue weighted by Gasteiger charge is -2.02. The van der Waals surface area contributed by atoms with Crippen LogP contribution in [0.2, 0.25) is 0 Å². The molecule has 0 heterocycles. The van der Waals surface area contributed by atoms with Gasteiger partial charge in [0.15, 0.2) is 0 Å². The standard InChI is InChI=1S/2C7H12O4.4H3N/c2*8-6(9)4-2-1-3-5-7(10)11;;;;/h2*1-5H2,(H,8,9)(H,10,11);4*1H3. The van der Waals surface area contributed by atoms with Crippen LogP contribution in [0.4, 0.5) is 0 Å². The molecule has 0 saturated carbocycles. The van der Waals surface area contributed by atoms with Gasteiger partial charge in [0.2, 0.25) is 0 Å². The third-order valence-electron chi connectivity index (χ3n) is 2.52. The van der Waals surface area contributed by atoms with Gasteiger partial charge in [-0.2, -0.15) is 0 Å². The average molecular weight is 388 g/mol. The third-order valence-corrected chi connectivity index (χ3v) is 2.52. The summed E-state index contributed by atoms with van der Waals surface area (Å²) in [6.45, 7) is 0. The number of hydrogen-bond acceptors (Lipinski definition) is 8. The predicted octanol–water partition coefficient (Wildman–Crippen LogP) is -1.62. The summed E-state index contributed by atoms with van der Waals surface area (Å²) in [5, 5.41) is 39.4. The van der Waals surface area contributed by atoms with Crippen molar-refractivity contribution in [1.29, 1.82) is 0 Å². The zero-order valence-corrected chi connectivity index (χ0v) is 16.3. The van der Waals surface area contributed by atoms with Crippen molar-refractivity contribution in [3.63, 3.8) is 0 Å². The van der Waals surface area contributed by atoms with Crippen molar-refractivity contribution in [1.82, 2.24) is 24.6 Å². The van der Waals surface area contributed by atoms with E-state index in [9.17, 15) is 39.6 Å². The van der Waals surface area contributed by atoms with Gasteiger partial charge in [-0.15, -0.1) is 0 Å². The zero-order chi connectivity index (χ0) is 17.4. The quantitative estimate of drug-likeness (QED) is 0.280. The second kappa shape index (κ2) is 27.6. The second-order valence-corrected chi connectivity index (χ2v) is 4.61. The molecule has 0 radical (unpaired) electrons. The van der Waals surface area contributed by atoms with E-state index in [-0.39, 0.29) is 50.3 Å². The molecule has 0 rings (SSSR count). The van der Waals surface area contributed by atoms with Gasteiger partial charge in [-0.05, 0) is 51.4 Å². The predicted molar refractivity (Wildman–Crippen MR) is 90.1 cm³/mol. The van der Waals surface area contributed by atoms with Crippen LogP contribution in [0.3, 0.4) is 0 Å². The smallest absolute Gasteiger partial charge is 0.0414 e. The SMILES string of the molecule is O=C([O-])CCCCCC(=O)[O-].O=C([O-])CCCCCC(=O)[O-].[NH4+].[NH4+].[NH4+].[NH4+]. The molecule has 0 aromatic heterocycles. The summed E-state index contributed by atoms with van der Waals surface area (Å²) in [6, 6.07) is 0. The van der Waals surface area contributed by atoms with Crippen molar-refractivity contribution in [2.75, 3.05) is 0 Å². The van der Waals surface area contributed by atoms with Gasteiger partial charge in [0, 0.05) is 23.9 Å². The third kappa shape index (κ3) is 49.5. The van der Waals surface area contributed by atoms with Crippen molar-refractivity contribution in [2.24, 2.45) is 0 Å². The summed E-state index contributed by atoms with van der Waals surface area (Å²) < 4.78 is 0. The minimum Gasteiger partial charge on any atom is -0.550 e. The fraction of sp³-hybridized carbons (Fsp3) is 0.714. The van der Waals surface area contributed by atoms with Gasteiger partial charge in [0.25, 0.3) is 0 Å². The molecule has 0 aliphatic rings. The molecule has 0 bridgehead atoms. The van der Waals surface area contributed by atoms with Crippen LogP contribution in [-0.4, -0.2) is 23.9 Å². The highest BCUT2D eigenvalue weighted by Crippen LogP contribution is 2.01. The number of unbranched alkanes of at least 4 members (excludes halogenated alkanes) is 4. The zero-order valence-electron chi connectivity index (χ0n) is 16.3. The first-order chi connectivity index (χ1) is 10.3. The molecular formula is C14H36N4O8. The van der Waals surface area contributed by atoms with Gasteiger partial charge in [-0.3, -0.25) is 0 Å². The first kappa shape index (κ1) is 39.0. The Balaban J connectivity index is -0.0000000667. The molecule has 16 N–H and O–H groups in total. The Morgan fingerprint density at radius 3 is 0.654 bits per heavy atom. The molecule has 160 valence electrons. The number of carboxylic acids is 4. The summed E-state index contributed by atoms with van der Waals surface area (Å²) >= 11 is 0. The number of rotatable bonds is 12. The molecule has 0 saturated heterocycles. The van der Waals surface area contributed by atoms with Crippen molar-refractivity contribution in [3.8, 4) is 0 Å². The summed E-state index contributed by atoms with van der Waals surface area (Å²) in [6.07, 6.45) is 3.15. The highest BCUT2D eigenvalue weighted by Gasteiger charge is 1.91. The largest absolute Gasteiger partial charge is 0.550 e. The van der Waals surface area contributed by atoms with Crippen molar-refractivity contribution in [3.05, 3.63) is 0 Å². The van der Waals surface area contributed by atoms with E-state index < -0.39 is 23.9 Å². The summed E-state index contributed by atoms with van der Waals surface area (Å²) in [4.78, 5) is 39.4. The average Bonchev–Trinajstić information content (AvgIpc) is 2.37. The number of quaternary nitrogens is 4. The van der Waals surface area contributed by atoms with Gasteiger partial charge >= 0.3 is 0 Å². The van der Waals surface area contributed by atoms with Crippen LogP contribution >= 0.6 is 0 Å². The normalized spacial score (nSPS) is 8.00. The molecule has 0 aliphatic heterocycles. The van der Waals surface area contributed by atoms with Crippen LogP contribution in [0.5, 0.6) is 0 Å². The number of carbonyl (C=O) groups excluding carboxylic acids is 4. The summed E-state index contributed by atoms with van der Waals surface area (Å²) in [5.41, 5.74) is 0. The highest BCUT2D eigenvalue weighted by atomic mass is 16.4. The minimum atomic E-state index is -1.08. The van der Waals surface area contributed by atoms with Crippen molar-refractivity contribution >= 4 is 23.9 Å². The van der Waals surface area contributed by atoms with Crippen molar-refractivity contribution < 1.29 is 39.6 Å². The lowest BCUT2D eigenvalue weighted by atomic mass is 10.1. The first-order valence-electron chi connectivity index (χ1n) is 7.05. The van der Waals surface area contributed by atoms with E-state index in [2.05, 4.69) is 0 Å². The van der Waals surface area contributed by atoms with Crippen LogP contribution in [0.25, 0.3) is 0 Å². The van der Waals surface area contributed by atoms with E-state index in [0.29, 0.717) is 38.5 Å². The van der Waals surface area contributed by atoms with Crippen LogP contribution in [0.1, 0.15) is 64.2 Å². The van der Waals surface area contributed by atoms with Gasteiger partial charge < -0.3 is 64.2 Å². The Morgan fingerprint density at radius 2 is 0.538 bits per heavy atom. The van der Waals surface area contributed by atoms with E-state index in [1.54, 1.807) is 0 Å². The van der Waals surface area contributed by atoms with E-state index in [4.69, 9.17) is 0 Å². The van der Waals surface area contributed by atoms with E-state index >= 15 is 0 Å². The summed E-state index contributed by atoms with van der Waals surface area (Å²) in [7, 11) is 0. The molecule has 26 heavy (non-hydrogen) atoms. The van der Waals surface area contributed by atoms with E-state index in [1.807, 2.05) is 0 Å². The number of aliphatic carboxylic acids is 4. The van der Waals surface area contributed by atoms with Crippen LogP contribution in [0, 0.1) is 0 Å². The Hall–Kier alpha value is -2.28. The first-order valence-corrected chi connectivity index (χ1v) is 7.05. The molecule has 0 atom stereocenters. The van der Waals surface area contributed by atoms with Gasteiger partial charge in [0.1, 0.15) is 0 Å². The van der Waals surface area contributed by atoms with Crippen LogP contribution < -0.4 is 45.0 Å². The van der Waals surface area contributed by atoms with Crippen LogP contribution in [-0.2, 0) is 19.2 Å². The minimum absolute atomic E-state index is 0. The lowest BCUT2D eigenvalue weighted by molar-refractivity contribution is -0.307. The fourth-order valence-corrected chi connectivity index (χ4v) is 1.43. The molecular weight excluding hydrogens is 352 g/mol. The lowest BCUT2D eigenvalue weighted by Crippen LogP contribution is -2.22. The number of carbonyl (C=O) groups is 4. The van der Waals surface area contributed by atoms with Crippen molar-refractivity contribution in [2.45, 2.75) is 64.2 Å². The Kier molecular flexibility index (Phi) is 41.3. The molecule has 0 fully saturated rings. The molecule has 0 aromatic rings. The maximum atomic E-state index is 9.86. The summed E-state index contributed by atoms with van der Waals surface area (Å²) in [5.74, 6) is -4.34. The highest BCUT2D eigenvalue weighted by molar-refractivity contribution is 5.65. The molecule has 12 heteroatoms. The molecule has 0 spiro atoms. The Labute approximate surface area is 153 Å². The monoisotopic (exact) mass is 388 g/mol. The molecule has 0 aliphatic carbocycles. The molecule has 0 unspecified atom stereocenters. The fourth-order valence-electron chi connectivity index (χ4n) is 1.43. The van der Waals surface area contributed by atoms with Gasteiger partial charge in [-0.1, -0.05) is 12.8 Å². The molecule has 12 nitrogen and oxygen atoms in total. The Morgan fingerprint density at radius 1 is 0.385 bits per heavy atom.